The van der Waals surface area contributed by atoms with E-state index in [2.05, 4.69) is 0 Å². The van der Waals surface area contributed by atoms with Crippen molar-refractivity contribution in [2.24, 2.45) is 0 Å². The monoisotopic (exact) mass is 511 g/mol. The van der Waals surface area contributed by atoms with Crippen molar-refractivity contribution < 1.29 is 33.6 Å². The van der Waals surface area contributed by atoms with Crippen LogP contribution in [-0.4, -0.2) is 49.4 Å². The molecule has 1 aliphatic rings. The third kappa shape index (κ3) is 5.49. The van der Waals surface area contributed by atoms with E-state index in [1.807, 2.05) is 24.3 Å². The van der Waals surface area contributed by atoms with Gasteiger partial charge in [-0.05, 0) is 47.9 Å². The molecule has 0 aromatic heterocycles. The minimum Gasteiger partial charge on any atom is -0.497 e. The molecule has 1 heterocycles. The van der Waals surface area contributed by atoms with Crippen molar-refractivity contribution in [1.29, 1.82) is 0 Å². The molecule has 0 fully saturated rings. The second-order valence-electron chi connectivity index (χ2n) is 8.14. The van der Waals surface area contributed by atoms with E-state index in [4.69, 9.17) is 35.7 Å². The number of hydrogen-bond donors (Lipinski definition) is 1. The maximum absolute atomic E-state index is 13.4. The van der Waals surface area contributed by atoms with Gasteiger partial charge in [-0.15, -0.1) is 0 Å². The average Bonchev–Trinajstić information content (AvgIpc) is 2.90. The molecule has 1 aliphatic heterocycles. The first kappa shape index (κ1) is 25.2. The Kier molecular flexibility index (Phi) is 7.85. The molecule has 0 saturated heterocycles. The summed E-state index contributed by atoms with van der Waals surface area (Å²) in [6, 6.07) is 17.4. The lowest BCUT2D eigenvalue weighted by Crippen LogP contribution is -2.41. The molecule has 188 valence electrons. The fourth-order valence-electron chi connectivity index (χ4n) is 4.30. The second-order valence-corrected chi connectivity index (χ2v) is 8.58. The predicted octanol–water partition coefficient (Wildman–Crippen LogP) is 5.10. The summed E-state index contributed by atoms with van der Waals surface area (Å²) in [6.45, 7) is -0.134. The SMILES string of the molecule is COc1ccc(COC(=O)N2CCc3ccccc3C2c2cc(Cl)ccc2OCC(=O)O)c(OC)c1. The van der Waals surface area contributed by atoms with Crippen LogP contribution in [0.15, 0.2) is 60.7 Å². The number of fused-ring (bicyclic) bond motifs is 1. The van der Waals surface area contributed by atoms with Gasteiger partial charge in [0, 0.05) is 28.8 Å². The third-order valence-corrected chi connectivity index (χ3v) is 6.22. The van der Waals surface area contributed by atoms with Crippen LogP contribution in [0.3, 0.4) is 0 Å². The van der Waals surface area contributed by atoms with E-state index in [0.717, 1.165) is 11.1 Å². The summed E-state index contributed by atoms with van der Waals surface area (Å²) in [5.41, 5.74) is 3.24. The Bertz CT molecular complexity index is 1260. The van der Waals surface area contributed by atoms with Crippen molar-refractivity contribution >= 4 is 23.7 Å². The molecule has 1 atom stereocenters. The lowest BCUT2D eigenvalue weighted by Gasteiger charge is -2.37. The van der Waals surface area contributed by atoms with Crippen molar-refractivity contribution in [2.75, 3.05) is 27.4 Å². The van der Waals surface area contributed by atoms with E-state index in [1.54, 1.807) is 48.4 Å². The fourth-order valence-corrected chi connectivity index (χ4v) is 4.48. The van der Waals surface area contributed by atoms with E-state index in [1.165, 1.54) is 7.11 Å². The highest BCUT2D eigenvalue weighted by atomic mass is 35.5. The molecular formula is C27H26ClNO7. The number of carboxylic acids is 1. The number of hydrogen-bond acceptors (Lipinski definition) is 6. The molecule has 3 aromatic carbocycles. The molecule has 36 heavy (non-hydrogen) atoms. The Morgan fingerprint density at radius 3 is 2.56 bits per heavy atom. The van der Waals surface area contributed by atoms with Crippen molar-refractivity contribution in [3.63, 3.8) is 0 Å². The van der Waals surface area contributed by atoms with Gasteiger partial charge in [0.1, 0.15) is 23.9 Å². The quantitative estimate of drug-likeness (QED) is 0.449. The van der Waals surface area contributed by atoms with Crippen molar-refractivity contribution in [3.8, 4) is 17.2 Å². The molecule has 0 radical (unpaired) electrons. The normalized spacial score (nSPS) is 14.5. The van der Waals surface area contributed by atoms with Crippen molar-refractivity contribution in [3.05, 3.63) is 87.9 Å². The molecule has 0 bridgehead atoms. The van der Waals surface area contributed by atoms with Crippen LogP contribution in [0, 0.1) is 0 Å². The molecule has 4 rings (SSSR count). The van der Waals surface area contributed by atoms with E-state index in [-0.39, 0.29) is 6.61 Å². The molecule has 0 aliphatic carbocycles. The number of ether oxygens (including phenoxy) is 4. The number of amides is 1. The van der Waals surface area contributed by atoms with Gasteiger partial charge in [0.05, 0.1) is 20.3 Å². The van der Waals surface area contributed by atoms with Gasteiger partial charge < -0.3 is 24.1 Å². The first-order chi connectivity index (χ1) is 17.4. The Balaban J connectivity index is 1.66. The van der Waals surface area contributed by atoms with Crippen molar-refractivity contribution in [1.82, 2.24) is 4.90 Å². The molecule has 1 N–H and O–H groups in total. The zero-order chi connectivity index (χ0) is 25.7. The smallest absolute Gasteiger partial charge is 0.410 e. The summed E-state index contributed by atoms with van der Waals surface area (Å²) in [4.78, 5) is 26.2. The van der Waals surface area contributed by atoms with Crippen LogP contribution in [0.2, 0.25) is 5.02 Å². The topological polar surface area (TPSA) is 94.5 Å². The molecule has 0 spiro atoms. The highest BCUT2D eigenvalue weighted by molar-refractivity contribution is 6.30. The molecule has 3 aromatic rings. The van der Waals surface area contributed by atoms with Gasteiger partial charge in [0.15, 0.2) is 6.61 Å². The summed E-state index contributed by atoms with van der Waals surface area (Å²) in [5.74, 6) is 0.397. The van der Waals surface area contributed by atoms with Gasteiger partial charge in [-0.3, -0.25) is 4.90 Å². The highest BCUT2D eigenvalue weighted by Gasteiger charge is 2.35. The van der Waals surface area contributed by atoms with E-state index in [0.29, 0.717) is 46.4 Å². The number of carbonyl (C=O) groups excluding carboxylic acids is 1. The number of halogens is 1. The number of carboxylic acid groups (broad SMARTS) is 1. The van der Waals surface area contributed by atoms with Gasteiger partial charge in [-0.1, -0.05) is 35.9 Å². The predicted molar refractivity (Wildman–Crippen MR) is 133 cm³/mol. The second kappa shape index (κ2) is 11.2. The lowest BCUT2D eigenvalue weighted by atomic mass is 9.88. The molecule has 8 nitrogen and oxygen atoms in total. The lowest BCUT2D eigenvalue weighted by molar-refractivity contribution is -0.139. The van der Waals surface area contributed by atoms with Crippen LogP contribution in [0.5, 0.6) is 17.2 Å². The van der Waals surface area contributed by atoms with Crippen LogP contribution in [0.25, 0.3) is 0 Å². The number of rotatable bonds is 8. The largest absolute Gasteiger partial charge is 0.497 e. The standard InChI is InChI=1S/C27H26ClNO7/c1-33-20-9-7-18(24(14-20)34-2)15-36-27(32)29-12-11-17-5-3-4-6-21(17)26(29)22-13-19(28)8-10-23(22)35-16-25(30)31/h3-10,13-14,26H,11-12,15-16H2,1-2H3,(H,30,31). The van der Waals surface area contributed by atoms with Crippen LogP contribution < -0.4 is 14.2 Å². The maximum atomic E-state index is 13.4. The number of methoxy groups -OCH3 is 2. The zero-order valence-corrected chi connectivity index (χ0v) is 20.7. The third-order valence-electron chi connectivity index (χ3n) is 5.98. The molecule has 9 heteroatoms. The van der Waals surface area contributed by atoms with Crippen LogP contribution in [0.4, 0.5) is 4.79 Å². The number of carbonyl (C=O) groups is 2. The molecule has 1 unspecified atom stereocenters. The fraction of sp³-hybridized carbons (Fsp3) is 0.259. The van der Waals surface area contributed by atoms with Gasteiger partial charge in [-0.25, -0.2) is 9.59 Å². The summed E-state index contributed by atoms with van der Waals surface area (Å²) in [5, 5.41) is 9.57. The van der Waals surface area contributed by atoms with Gasteiger partial charge >= 0.3 is 12.1 Å². The number of nitrogens with zero attached hydrogens (tertiary/aromatic N) is 1. The van der Waals surface area contributed by atoms with Crippen LogP contribution in [0.1, 0.15) is 28.3 Å². The summed E-state index contributed by atoms with van der Waals surface area (Å²) < 4.78 is 21.9. The minimum atomic E-state index is -1.11. The summed E-state index contributed by atoms with van der Waals surface area (Å²) in [7, 11) is 3.10. The molecule has 1 amide bonds. The number of aliphatic carboxylic acids is 1. The maximum Gasteiger partial charge on any atom is 0.410 e. The number of benzene rings is 3. The first-order valence-electron chi connectivity index (χ1n) is 11.3. The zero-order valence-electron chi connectivity index (χ0n) is 19.9. The summed E-state index contributed by atoms with van der Waals surface area (Å²) >= 11 is 6.32. The van der Waals surface area contributed by atoms with Gasteiger partial charge in [0.25, 0.3) is 0 Å². The van der Waals surface area contributed by atoms with E-state index >= 15 is 0 Å². The highest BCUT2D eigenvalue weighted by Crippen LogP contribution is 2.41. The molecule has 0 saturated carbocycles. The Labute approximate surface area is 213 Å². The first-order valence-corrected chi connectivity index (χ1v) is 11.6. The Morgan fingerprint density at radius 2 is 1.81 bits per heavy atom. The van der Waals surface area contributed by atoms with E-state index < -0.39 is 24.7 Å². The molecular weight excluding hydrogens is 486 g/mol. The average molecular weight is 512 g/mol. The van der Waals surface area contributed by atoms with E-state index in [9.17, 15) is 9.59 Å². The van der Waals surface area contributed by atoms with Crippen LogP contribution >= 0.6 is 11.6 Å². The van der Waals surface area contributed by atoms with Crippen LogP contribution in [-0.2, 0) is 22.6 Å². The van der Waals surface area contributed by atoms with Crippen molar-refractivity contribution in [2.45, 2.75) is 19.1 Å². The van der Waals surface area contributed by atoms with Gasteiger partial charge in [0.2, 0.25) is 0 Å². The summed E-state index contributed by atoms with van der Waals surface area (Å²) in [6.07, 6.45) is 0.107. The minimum absolute atomic E-state index is 0.00517. The van der Waals surface area contributed by atoms with Gasteiger partial charge in [-0.2, -0.15) is 0 Å². The Hall–Kier alpha value is -3.91. The Morgan fingerprint density at radius 1 is 1.00 bits per heavy atom.